The molecule has 1 atom stereocenters. The summed E-state index contributed by atoms with van der Waals surface area (Å²) in [5.74, 6) is 0. The number of aliphatic hydroxyl groups is 2. The minimum Gasteiger partial charge on any atom is -0.396 e. The van der Waals surface area contributed by atoms with Crippen molar-refractivity contribution in [1.82, 2.24) is 4.90 Å². The molecule has 2 N–H and O–H groups in total. The van der Waals surface area contributed by atoms with E-state index < -0.39 is 6.10 Å². The van der Waals surface area contributed by atoms with Crippen LogP contribution in [0.2, 0.25) is 0 Å². The molecule has 0 saturated heterocycles. The molecule has 0 aromatic heterocycles. The normalized spacial score (nSPS) is 13.5. The van der Waals surface area contributed by atoms with E-state index in [4.69, 9.17) is 9.84 Å². The second kappa shape index (κ2) is 9.40. The Kier molecular flexibility index (Phi) is 9.29. The van der Waals surface area contributed by atoms with Crippen LogP contribution in [0.1, 0.15) is 20.3 Å². The molecule has 4 heteroatoms. The Morgan fingerprint density at radius 3 is 2.57 bits per heavy atom. The summed E-state index contributed by atoms with van der Waals surface area (Å²) >= 11 is 0. The van der Waals surface area contributed by atoms with Crippen molar-refractivity contribution < 1.29 is 14.9 Å². The molecule has 0 aromatic carbocycles. The molecular formula is C10H23NO3. The number of hydrogen-bond donors (Lipinski definition) is 2. The second-order valence-corrected chi connectivity index (χ2v) is 3.28. The molecule has 0 aromatic rings. The molecule has 4 nitrogen and oxygen atoms in total. The minimum atomic E-state index is -0.423. The minimum absolute atomic E-state index is 0.206. The Morgan fingerprint density at radius 2 is 2.07 bits per heavy atom. The van der Waals surface area contributed by atoms with Gasteiger partial charge in [0.15, 0.2) is 0 Å². The van der Waals surface area contributed by atoms with E-state index in [2.05, 4.69) is 4.90 Å². The summed E-state index contributed by atoms with van der Waals surface area (Å²) < 4.78 is 5.12. The van der Waals surface area contributed by atoms with Gasteiger partial charge in [-0.2, -0.15) is 0 Å². The molecule has 0 saturated carbocycles. The first-order chi connectivity index (χ1) is 6.74. The third kappa shape index (κ3) is 7.26. The summed E-state index contributed by atoms with van der Waals surface area (Å²) in [4.78, 5) is 2.11. The lowest BCUT2D eigenvalue weighted by molar-refractivity contribution is 0.0211. The maximum absolute atomic E-state index is 9.55. The summed E-state index contributed by atoms with van der Waals surface area (Å²) in [6.45, 7) is 7.54. The van der Waals surface area contributed by atoms with E-state index in [1.165, 1.54) is 0 Å². The summed E-state index contributed by atoms with van der Waals surface area (Å²) in [7, 11) is 0. The fraction of sp³-hybridized carbons (Fsp3) is 1.00. The van der Waals surface area contributed by atoms with Crippen molar-refractivity contribution in [3.05, 3.63) is 0 Å². The van der Waals surface area contributed by atoms with Gasteiger partial charge in [0.1, 0.15) is 0 Å². The van der Waals surface area contributed by atoms with E-state index in [-0.39, 0.29) is 6.61 Å². The van der Waals surface area contributed by atoms with Crippen molar-refractivity contribution in [2.45, 2.75) is 26.4 Å². The molecule has 0 heterocycles. The summed E-state index contributed by atoms with van der Waals surface area (Å²) in [5, 5.41) is 18.2. The lowest BCUT2D eigenvalue weighted by Gasteiger charge is -2.22. The maximum Gasteiger partial charge on any atom is 0.0900 e. The van der Waals surface area contributed by atoms with Crippen LogP contribution in [0.5, 0.6) is 0 Å². The molecule has 0 amide bonds. The highest BCUT2D eigenvalue weighted by molar-refractivity contribution is 4.62. The molecule has 0 aliphatic carbocycles. The zero-order valence-corrected chi connectivity index (χ0v) is 9.28. The van der Waals surface area contributed by atoms with Gasteiger partial charge in [-0.15, -0.1) is 0 Å². The van der Waals surface area contributed by atoms with Gasteiger partial charge in [0.25, 0.3) is 0 Å². The van der Waals surface area contributed by atoms with Crippen LogP contribution >= 0.6 is 0 Å². The van der Waals surface area contributed by atoms with Gasteiger partial charge >= 0.3 is 0 Å². The number of likely N-dealkylation sites (N-methyl/N-ethyl adjacent to an activating group) is 1. The van der Waals surface area contributed by atoms with Crippen molar-refractivity contribution in [3.63, 3.8) is 0 Å². The Morgan fingerprint density at radius 1 is 1.36 bits per heavy atom. The zero-order valence-electron chi connectivity index (χ0n) is 9.28. The van der Waals surface area contributed by atoms with Crippen LogP contribution in [0, 0.1) is 0 Å². The molecular weight excluding hydrogens is 182 g/mol. The summed E-state index contributed by atoms with van der Waals surface area (Å²) in [5.41, 5.74) is 0. The van der Waals surface area contributed by atoms with Crippen molar-refractivity contribution in [2.75, 3.05) is 39.5 Å². The van der Waals surface area contributed by atoms with Crippen molar-refractivity contribution in [3.8, 4) is 0 Å². The van der Waals surface area contributed by atoms with Gasteiger partial charge in [0.2, 0.25) is 0 Å². The molecule has 14 heavy (non-hydrogen) atoms. The fourth-order valence-electron chi connectivity index (χ4n) is 1.28. The van der Waals surface area contributed by atoms with Crippen LogP contribution in [0.3, 0.4) is 0 Å². The first-order valence-electron chi connectivity index (χ1n) is 5.33. The zero-order chi connectivity index (χ0) is 10.8. The average molecular weight is 205 g/mol. The van der Waals surface area contributed by atoms with E-state index in [0.717, 1.165) is 19.5 Å². The van der Waals surface area contributed by atoms with Gasteiger partial charge in [0, 0.05) is 26.3 Å². The molecule has 0 bridgehead atoms. The van der Waals surface area contributed by atoms with Gasteiger partial charge < -0.3 is 19.8 Å². The highest BCUT2D eigenvalue weighted by Crippen LogP contribution is 1.95. The van der Waals surface area contributed by atoms with Crippen LogP contribution in [-0.2, 0) is 4.74 Å². The molecule has 1 unspecified atom stereocenters. The summed E-state index contributed by atoms with van der Waals surface area (Å²) in [6, 6.07) is 0. The second-order valence-electron chi connectivity index (χ2n) is 3.28. The van der Waals surface area contributed by atoms with Crippen molar-refractivity contribution in [1.29, 1.82) is 0 Å². The van der Waals surface area contributed by atoms with Crippen LogP contribution in [0.25, 0.3) is 0 Å². The predicted octanol–water partition coefficient (Wildman–Crippen LogP) is 0.0881. The smallest absolute Gasteiger partial charge is 0.0900 e. The predicted molar refractivity (Wildman–Crippen MR) is 56.3 cm³/mol. The Labute approximate surface area is 86.5 Å². The largest absolute Gasteiger partial charge is 0.396 e. The van der Waals surface area contributed by atoms with Crippen LogP contribution in [-0.4, -0.2) is 60.7 Å². The summed E-state index contributed by atoms with van der Waals surface area (Å²) in [6.07, 6.45) is 0.337. The number of aliphatic hydroxyl groups excluding tert-OH is 2. The molecule has 0 aliphatic rings. The van der Waals surface area contributed by atoms with E-state index in [0.29, 0.717) is 19.8 Å². The Bertz CT molecular complexity index is 122. The molecule has 0 spiro atoms. The number of nitrogens with zero attached hydrogens (tertiary/aromatic N) is 1. The van der Waals surface area contributed by atoms with Crippen molar-refractivity contribution >= 4 is 0 Å². The third-order valence-electron chi connectivity index (χ3n) is 2.06. The van der Waals surface area contributed by atoms with Gasteiger partial charge in [-0.1, -0.05) is 6.92 Å². The van der Waals surface area contributed by atoms with Crippen LogP contribution < -0.4 is 0 Å². The van der Waals surface area contributed by atoms with Crippen LogP contribution in [0.4, 0.5) is 0 Å². The number of hydrogen-bond acceptors (Lipinski definition) is 4. The quantitative estimate of drug-likeness (QED) is 0.560. The molecule has 0 rings (SSSR count). The van der Waals surface area contributed by atoms with Gasteiger partial charge in [-0.05, 0) is 19.9 Å². The Hall–Kier alpha value is -0.160. The van der Waals surface area contributed by atoms with Gasteiger partial charge in [0.05, 0.1) is 12.7 Å². The third-order valence-corrected chi connectivity index (χ3v) is 2.06. The first-order valence-corrected chi connectivity index (χ1v) is 5.33. The van der Waals surface area contributed by atoms with E-state index in [1.807, 2.05) is 13.8 Å². The fourth-order valence-corrected chi connectivity index (χ4v) is 1.28. The molecule has 0 radical (unpaired) electrons. The van der Waals surface area contributed by atoms with Gasteiger partial charge in [-0.3, -0.25) is 0 Å². The SMILES string of the molecule is CCOCC(O)CN(CC)CCCO. The number of rotatable bonds is 9. The highest BCUT2D eigenvalue weighted by Gasteiger charge is 2.09. The number of ether oxygens (including phenoxy) is 1. The highest BCUT2D eigenvalue weighted by atomic mass is 16.5. The van der Waals surface area contributed by atoms with E-state index in [1.54, 1.807) is 0 Å². The van der Waals surface area contributed by atoms with Gasteiger partial charge in [-0.25, -0.2) is 0 Å². The monoisotopic (exact) mass is 205 g/mol. The van der Waals surface area contributed by atoms with E-state index >= 15 is 0 Å². The van der Waals surface area contributed by atoms with Crippen molar-refractivity contribution in [2.24, 2.45) is 0 Å². The molecule has 0 fully saturated rings. The van der Waals surface area contributed by atoms with E-state index in [9.17, 15) is 5.11 Å². The maximum atomic E-state index is 9.55. The molecule has 86 valence electrons. The topological polar surface area (TPSA) is 52.9 Å². The lowest BCUT2D eigenvalue weighted by Crippen LogP contribution is -2.35. The molecule has 0 aliphatic heterocycles. The Balaban J connectivity index is 3.57. The lowest BCUT2D eigenvalue weighted by atomic mass is 10.3. The average Bonchev–Trinajstić information content (AvgIpc) is 2.21. The van der Waals surface area contributed by atoms with Crippen LogP contribution in [0.15, 0.2) is 0 Å². The standard InChI is InChI=1S/C10H23NO3/c1-3-11(6-5-7-12)8-10(13)9-14-4-2/h10,12-13H,3-9H2,1-2H3. The first kappa shape index (κ1) is 13.8.